The van der Waals surface area contributed by atoms with E-state index >= 15 is 0 Å². The summed E-state index contributed by atoms with van der Waals surface area (Å²) in [4.78, 5) is 26.9. The Balaban J connectivity index is 0.000000370. The summed E-state index contributed by atoms with van der Waals surface area (Å²) in [6.45, 7) is 0. The third-order valence-corrected chi connectivity index (χ3v) is 3.61. The largest absolute Gasteiger partial charge is 0.480 e. The molecule has 1 aromatic rings. The molecule has 0 saturated carbocycles. The van der Waals surface area contributed by atoms with Crippen LogP contribution in [0.3, 0.4) is 0 Å². The van der Waals surface area contributed by atoms with E-state index in [0.29, 0.717) is 21.4 Å². The number of rotatable bonds is 7. The first-order valence-corrected chi connectivity index (χ1v) is 8.73. The SMILES string of the molecule is C[Se]CCC(N)C(=O)O.N[C@@H](Cc1cnc[nH]1)C(=O)O. The van der Waals surface area contributed by atoms with Gasteiger partial charge in [-0.15, -0.1) is 0 Å². The summed E-state index contributed by atoms with van der Waals surface area (Å²) in [7, 11) is 0. The molecule has 1 heterocycles. The van der Waals surface area contributed by atoms with E-state index in [1.165, 1.54) is 6.33 Å². The van der Waals surface area contributed by atoms with Crippen molar-refractivity contribution < 1.29 is 19.8 Å². The van der Waals surface area contributed by atoms with Gasteiger partial charge in [0.25, 0.3) is 0 Å². The summed E-state index contributed by atoms with van der Waals surface area (Å²) in [6, 6.07) is -1.50. The fraction of sp³-hybridized carbons (Fsp3) is 0.545. The Morgan fingerprint density at radius 3 is 2.35 bits per heavy atom. The first-order valence-electron chi connectivity index (χ1n) is 5.81. The molecule has 0 radical (unpaired) electrons. The number of carboxylic acids is 2. The zero-order valence-corrected chi connectivity index (χ0v) is 12.9. The Kier molecular flexibility index (Phi) is 9.65. The van der Waals surface area contributed by atoms with Gasteiger partial charge in [0.15, 0.2) is 0 Å². The molecule has 1 unspecified atom stereocenters. The monoisotopic (exact) mass is 352 g/mol. The standard InChI is InChI=1S/C6H9N3O2.C5H11NO2Se/c7-5(6(10)11)1-4-2-8-3-9-4;1-9-3-2-4(6)5(7)8/h2-3,5H,1,7H2,(H,8,9)(H,10,11);4H,2-3,6H2,1H3,(H,7,8)/t5-;/m0./s1. The number of hydrogen-bond acceptors (Lipinski definition) is 5. The van der Waals surface area contributed by atoms with Crippen LogP contribution in [0.2, 0.25) is 11.1 Å². The predicted molar refractivity (Wildman–Crippen MR) is 74.6 cm³/mol. The molecular weight excluding hydrogens is 331 g/mol. The molecule has 0 fully saturated rings. The van der Waals surface area contributed by atoms with Crippen LogP contribution in [0.5, 0.6) is 0 Å². The van der Waals surface area contributed by atoms with Crippen molar-refractivity contribution in [2.24, 2.45) is 11.5 Å². The average molecular weight is 351 g/mol. The molecular formula is C11H20N4O4Se. The van der Waals surface area contributed by atoms with Crippen molar-refractivity contribution in [3.8, 4) is 0 Å². The second kappa shape index (κ2) is 10.4. The molecule has 8 nitrogen and oxygen atoms in total. The molecule has 2 atom stereocenters. The van der Waals surface area contributed by atoms with Gasteiger partial charge < -0.3 is 15.8 Å². The first kappa shape index (κ1) is 18.6. The fourth-order valence-electron chi connectivity index (χ4n) is 1.09. The van der Waals surface area contributed by atoms with E-state index in [1.807, 2.05) is 0 Å². The van der Waals surface area contributed by atoms with Gasteiger partial charge in [0, 0.05) is 18.3 Å². The van der Waals surface area contributed by atoms with Crippen LogP contribution < -0.4 is 11.5 Å². The minimum Gasteiger partial charge on any atom is -0.480 e. The van der Waals surface area contributed by atoms with Crippen LogP contribution in [0.15, 0.2) is 12.5 Å². The van der Waals surface area contributed by atoms with E-state index in [9.17, 15) is 9.59 Å². The number of carboxylic acid groups (broad SMARTS) is 2. The number of H-pyrrole nitrogens is 1. The maximum atomic E-state index is 10.3. The second-order valence-corrected chi connectivity index (χ2v) is 6.02. The van der Waals surface area contributed by atoms with Gasteiger partial charge in [0.2, 0.25) is 0 Å². The van der Waals surface area contributed by atoms with Crippen LogP contribution in [0, 0.1) is 0 Å². The molecule has 9 heteroatoms. The molecule has 0 spiro atoms. The first-order chi connectivity index (χ1) is 9.38. The number of nitrogens with two attached hydrogens (primary N) is 2. The van der Waals surface area contributed by atoms with Gasteiger partial charge in [-0.25, -0.2) is 4.98 Å². The summed E-state index contributed by atoms with van der Waals surface area (Å²) in [5, 5.41) is 17.7. The van der Waals surface area contributed by atoms with Crippen molar-refractivity contribution >= 4 is 26.9 Å². The number of nitrogens with one attached hydrogen (secondary N) is 1. The molecule has 1 rings (SSSR count). The normalized spacial score (nSPS) is 12.9. The molecule has 0 aliphatic rings. The Morgan fingerprint density at radius 2 is 1.95 bits per heavy atom. The van der Waals surface area contributed by atoms with Crippen LogP contribution in [0.1, 0.15) is 12.1 Å². The molecule has 7 N–H and O–H groups in total. The number of aromatic nitrogens is 2. The molecule has 0 amide bonds. The quantitative estimate of drug-likeness (QED) is 0.408. The van der Waals surface area contributed by atoms with Gasteiger partial charge in [0.05, 0.1) is 6.33 Å². The van der Waals surface area contributed by atoms with E-state index < -0.39 is 24.0 Å². The van der Waals surface area contributed by atoms with Gasteiger partial charge >= 0.3 is 66.1 Å². The average Bonchev–Trinajstić information content (AvgIpc) is 2.89. The maximum absolute atomic E-state index is 10.3. The minimum atomic E-state index is -1.00. The Morgan fingerprint density at radius 1 is 1.35 bits per heavy atom. The number of hydrogen-bond donors (Lipinski definition) is 5. The van der Waals surface area contributed by atoms with E-state index in [1.54, 1.807) is 6.20 Å². The van der Waals surface area contributed by atoms with E-state index in [-0.39, 0.29) is 6.42 Å². The van der Waals surface area contributed by atoms with Crippen molar-refractivity contribution in [2.75, 3.05) is 0 Å². The van der Waals surface area contributed by atoms with E-state index in [4.69, 9.17) is 21.7 Å². The predicted octanol–water partition coefficient (Wildman–Crippen LogP) is -0.677. The summed E-state index contributed by atoms with van der Waals surface area (Å²) in [6.07, 6.45) is 3.95. The third kappa shape index (κ3) is 8.65. The van der Waals surface area contributed by atoms with Crippen LogP contribution in [0.25, 0.3) is 0 Å². The van der Waals surface area contributed by atoms with Crippen molar-refractivity contribution in [2.45, 2.75) is 36.1 Å². The smallest absolute Gasteiger partial charge is 0.320 e. The zero-order chi connectivity index (χ0) is 15.5. The Hall–Kier alpha value is -1.41. The van der Waals surface area contributed by atoms with Gasteiger partial charge in [-0.3, -0.25) is 4.79 Å². The molecule has 20 heavy (non-hydrogen) atoms. The van der Waals surface area contributed by atoms with Crippen molar-refractivity contribution in [1.29, 1.82) is 0 Å². The molecule has 1 aromatic heterocycles. The molecule has 0 aliphatic heterocycles. The molecule has 0 aliphatic carbocycles. The van der Waals surface area contributed by atoms with Crippen LogP contribution in [0.4, 0.5) is 0 Å². The molecule has 0 aromatic carbocycles. The fourth-order valence-corrected chi connectivity index (χ4v) is 2.12. The minimum absolute atomic E-state index is 0.287. The van der Waals surface area contributed by atoms with E-state index in [2.05, 4.69) is 15.8 Å². The number of imidazole rings is 1. The summed E-state index contributed by atoms with van der Waals surface area (Å²) in [5.41, 5.74) is 11.2. The Bertz CT molecular complexity index is 399. The second-order valence-electron chi connectivity index (χ2n) is 3.95. The maximum Gasteiger partial charge on any atom is 0.320 e. The summed E-state index contributed by atoms with van der Waals surface area (Å²) < 4.78 is 0. The molecule has 114 valence electrons. The van der Waals surface area contributed by atoms with Crippen LogP contribution in [-0.4, -0.2) is 59.2 Å². The zero-order valence-electron chi connectivity index (χ0n) is 11.2. The summed E-state index contributed by atoms with van der Waals surface area (Å²) >= 11 is 0.549. The van der Waals surface area contributed by atoms with Crippen molar-refractivity contribution in [3.63, 3.8) is 0 Å². The van der Waals surface area contributed by atoms with E-state index in [0.717, 1.165) is 11.0 Å². The van der Waals surface area contributed by atoms with Crippen molar-refractivity contribution in [3.05, 3.63) is 18.2 Å². The number of aromatic amines is 1. The summed E-state index contributed by atoms with van der Waals surface area (Å²) in [5.74, 6) is 0.181. The van der Waals surface area contributed by atoms with Gasteiger partial charge in [-0.2, -0.15) is 0 Å². The molecule has 0 bridgehead atoms. The van der Waals surface area contributed by atoms with Gasteiger partial charge in [-0.1, -0.05) is 0 Å². The Labute approximate surface area is 123 Å². The van der Waals surface area contributed by atoms with Gasteiger partial charge in [-0.05, 0) is 0 Å². The number of nitrogens with zero attached hydrogens (tertiary/aromatic N) is 1. The van der Waals surface area contributed by atoms with Crippen LogP contribution >= 0.6 is 0 Å². The van der Waals surface area contributed by atoms with Crippen molar-refractivity contribution in [1.82, 2.24) is 9.97 Å². The number of aliphatic carboxylic acids is 2. The number of carbonyl (C=O) groups is 2. The molecule has 0 saturated heterocycles. The van der Waals surface area contributed by atoms with Crippen LogP contribution in [-0.2, 0) is 16.0 Å². The topological polar surface area (TPSA) is 155 Å². The third-order valence-electron chi connectivity index (χ3n) is 2.26. The van der Waals surface area contributed by atoms with Gasteiger partial charge in [0.1, 0.15) is 6.04 Å².